The van der Waals surface area contributed by atoms with E-state index in [-0.39, 0.29) is 68.1 Å². The maximum atomic E-state index is 12.3. The van der Waals surface area contributed by atoms with Crippen molar-refractivity contribution in [2.45, 2.75) is 31.8 Å². The van der Waals surface area contributed by atoms with Crippen molar-refractivity contribution in [2.24, 2.45) is 10.9 Å². The van der Waals surface area contributed by atoms with Crippen molar-refractivity contribution in [1.29, 1.82) is 0 Å². The van der Waals surface area contributed by atoms with Crippen molar-refractivity contribution in [3.8, 4) is 0 Å². The average Bonchev–Trinajstić information content (AvgIpc) is 2.73. The summed E-state index contributed by atoms with van der Waals surface area (Å²) in [7, 11) is 0. The van der Waals surface area contributed by atoms with Crippen LogP contribution in [0, 0.1) is 0 Å². The largest absolute Gasteiger partial charge is 0.480 e. The molecular weight excluding hydrogens is 519 g/mol. The lowest BCUT2D eigenvalue weighted by molar-refractivity contribution is -0.139. The van der Waals surface area contributed by atoms with Crippen LogP contribution in [-0.2, 0) is 33.5 Å². The molecule has 34 heavy (non-hydrogen) atoms. The van der Waals surface area contributed by atoms with Crippen LogP contribution in [0.15, 0.2) is 17.8 Å². The van der Waals surface area contributed by atoms with Crippen LogP contribution in [0.2, 0.25) is 0 Å². The van der Waals surface area contributed by atoms with Crippen LogP contribution >= 0.6 is 36.6 Å². The third kappa shape index (κ3) is 17.0. The second kappa shape index (κ2) is 21.0. The quantitative estimate of drug-likeness (QED) is 0.0517. The predicted octanol–water partition coefficient (Wildman–Crippen LogP) is -0.437. The summed E-state index contributed by atoms with van der Waals surface area (Å²) in [6.45, 7) is 4.57. The Kier molecular flexibility index (Phi) is 22.3. The summed E-state index contributed by atoms with van der Waals surface area (Å²) >= 11 is 1.04. The normalized spacial score (nSPS) is 12.0. The van der Waals surface area contributed by atoms with Crippen molar-refractivity contribution < 1.29 is 43.8 Å². The topological polar surface area (TPSA) is 207 Å². The number of nitrogens with zero attached hydrogens (tertiary/aromatic N) is 1. The Bertz CT molecular complexity index is 726. The molecule has 13 nitrogen and oxygen atoms in total. The molecule has 6 N–H and O–H groups in total. The average molecular weight is 549 g/mol. The first-order valence-corrected chi connectivity index (χ1v) is 10.6. The number of carbonyl (C=O) groups is 5. The molecule has 2 amide bonds. The summed E-state index contributed by atoms with van der Waals surface area (Å²) in [6.07, 6.45) is 1.01. The minimum Gasteiger partial charge on any atom is -0.480 e. The summed E-state index contributed by atoms with van der Waals surface area (Å²) in [6, 6.07) is -2.40. The molecule has 0 bridgehead atoms. The van der Waals surface area contributed by atoms with E-state index in [4.69, 9.17) is 25.5 Å². The van der Waals surface area contributed by atoms with Gasteiger partial charge in [-0.05, 0) is 13.3 Å². The van der Waals surface area contributed by atoms with E-state index in [0.29, 0.717) is 0 Å². The molecule has 0 aromatic heterocycles. The third-order valence-electron chi connectivity index (χ3n) is 3.47. The van der Waals surface area contributed by atoms with Gasteiger partial charge in [-0.1, -0.05) is 17.8 Å². The smallest absolute Gasteiger partial charge is 0.356 e. The zero-order valence-corrected chi connectivity index (χ0v) is 20.8. The van der Waals surface area contributed by atoms with Gasteiger partial charge < -0.3 is 36.2 Å². The van der Waals surface area contributed by atoms with E-state index in [1.807, 2.05) is 0 Å². The minimum absolute atomic E-state index is 0. The Labute approximate surface area is 213 Å². The maximum absolute atomic E-state index is 12.3. The zero-order valence-electron chi connectivity index (χ0n) is 18.4. The molecule has 0 saturated carbocycles. The van der Waals surface area contributed by atoms with Crippen LogP contribution in [0.25, 0.3) is 0 Å². The lowest BCUT2D eigenvalue weighted by Crippen LogP contribution is -2.49. The van der Waals surface area contributed by atoms with Gasteiger partial charge in [0.15, 0.2) is 5.71 Å². The molecule has 0 aliphatic carbocycles. The Morgan fingerprint density at radius 2 is 1.85 bits per heavy atom. The number of thioether (sulfide) groups is 1. The Hall–Kier alpha value is -2.55. The molecule has 2 unspecified atom stereocenters. The van der Waals surface area contributed by atoms with Crippen molar-refractivity contribution >= 4 is 72.0 Å². The predicted molar refractivity (Wildman–Crippen MR) is 129 cm³/mol. The molecule has 0 aliphatic rings. The number of nitrogens with two attached hydrogens (primary N) is 1. The van der Waals surface area contributed by atoms with Crippen LogP contribution in [0.3, 0.4) is 0 Å². The molecule has 0 spiro atoms. The highest BCUT2D eigenvalue weighted by Gasteiger charge is 2.23. The summed E-state index contributed by atoms with van der Waals surface area (Å²) in [5.74, 6) is -4.77. The van der Waals surface area contributed by atoms with E-state index >= 15 is 0 Å². The minimum atomic E-state index is -1.28. The number of hydrogen-bond donors (Lipinski definition) is 5. The van der Waals surface area contributed by atoms with Gasteiger partial charge in [0.05, 0.1) is 6.61 Å². The molecule has 0 aliphatic heterocycles. The fourth-order valence-electron chi connectivity index (χ4n) is 1.92. The Balaban J connectivity index is -0.00000480. The molecule has 0 aromatic rings. The number of ether oxygens (including phenoxy) is 1. The molecular formula is C18H30Cl2N4O9S. The molecule has 0 aromatic carbocycles. The first-order valence-electron chi connectivity index (χ1n) is 9.44. The number of nitrogens with one attached hydrogen (secondary N) is 2. The van der Waals surface area contributed by atoms with Gasteiger partial charge in [-0.2, -0.15) is 11.8 Å². The monoisotopic (exact) mass is 548 g/mol. The number of carboxylic acids is 2. The summed E-state index contributed by atoms with van der Waals surface area (Å²) in [5.41, 5.74) is 5.28. The van der Waals surface area contributed by atoms with Gasteiger partial charge in [0.25, 0.3) is 0 Å². The number of carbonyl (C=O) groups excluding carboxylic acids is 3. The first kappa shape index (κ1) is 36.0. The highest BCUT2D eigenvalue weighted by Crippen LogP contribution is 2.07. The van der Waals surface area contributed by atoms with Gasteiger partial charge in [-0.15, -0.1) is 24.8 Å². The van der Waals surface area contributed by atoms with Gasteiger partial charge in [-0.25, -0.2) is 4.79 Å². The maximum Gasteiger partial charge on any atom is 0.356 e. The van der Waals surface area contributed by atoms with Crippen molar-refractivity contribution in [3.63, 3.8) is 0 Å². The van der Waals surface area contributed by atoms with E-state index in [0.717, 1.165) is 11.8 Å². The number of esters is 1. The summed E-state index contributed by atoms with van der Waals surface area (Å²) in [5, 5.41) is 25.7. The van der Waals surface area contributed by atoms with Crippen molar-refractivity contribution in [3.05, 3.63) is 12.7 Å². The van der Waals surface area contributed by atoms with E-state index in [2.05, 4.69) is 22.4 Å². The molecule has 0 radical (unpaired) electrons. The number of carboxylic acid groups (broad SMARTS) is 2. The second-order valence-corrected chi connectivity index (χ2v) is 7.10. The van der Waals surface area contributed by atoms with Gasteiger partial charge >= 0.3 is 17.9 Å². The Morgan fingerprint density at radius 3 is 2.38 bits per heavy atom. The van der Waals surface area contributed by atoms with Crippen molar-refractivity contribution in [1.82, 2.24) is 10.6 Å². The highest BCUT2D eigenvalue weighted by atomic mass is 35.5. The summed E-state index contributed by atoms with van der Waals surface area (Å²) < 4.78 is 4.88. The van der Waals surface area contributed by atoms with Gasteiger partial charge in [0.2, 0.25) is 11.8 Å². The SMILES string of the molecule is C=CCO/N=C(/CSCC(NC(=O)CCC(N)C(=O)O)C(=O)NCC(=O)O)C(=O)OCC.Cl.Cl. The standard InChI is InChI=1S/C18H28N4O9S.2ClH/c1-3-7-31-22-13(18(29)30-4-2)10-32-9-12(16(26)20-8-15(24)25)21-14(23)6-5-11(19)17(27)28;;/h3,11-12H,1,4-10,19H2,2H3,(H,20,26)(H,21,23)(H,24,25)(H,27,28);2*1H/b22-13-;;. The zero-order chi connectivity index (χ0) is 24.5. The lowest BCUT2D eigenvalue weighted by atomic mass is 10.1. The van der Waals surface area contributed by atoms with Crippen molar-refractivity contribution in [2.75, 3.05) is 31.3 Å². The molecule has 0 rings (SSSR count). The van der Waals surface area contributed by atoms with Gasteiger partial charge in [-0.3, -0.25) is 19.2 Å². The van der Waals surface area contributed by atoms with E-state index in [1.54, 1.807) is 6.92 Å². The fraction of sp³-hybridized carbons (Fsp3) is 0.556. The molecule has 0 saturated heterocycles. The van der Waals surface area contributed by atoms with Gasteiger partial charge in [0, 0.05) is 17.9 Å². The number of halogens is 2. The van der Waals surface area contributed by atoms with Crippen LogP contribution in [0.4, 0.5) is 0 Å². The molecule has 0 fully saturated rings. The third-order valence-corrected chi connectivity index (χ3v) is 4.51. The van der Waals surface area contributed by atoms with Crippen LogP contribution in [-0.4, -0.2) is 89.0 Å². The number of amides is 2. The number of aliphatic carboxylic acids is 2. The van der Waals surface area contributed by atoms with Crippen LogP contribution in [0.1, 0.15) is 19.8 Å². The van der Waals surface area contributed by atoms with E-state index in [9.17, 15) is 24.0 Å². The van der Waals surface area contributed by atoms with Crippen LogP contribution in [0.5, 0.6) is 0 Å². The number of oxime groups is 1. The van der Waals surface area contributed by atoms with E-state index in [1.165, 1.54) is 6.08 Å². The molecule has 0 heterocycles. The Morgan fingerprint density at radius 1 is 1.21 bits per heavy atom. The number of hydrogen-bond acceptors (Lipinski definition) is 10. The number of rotatable bonds is 17. The van der Waals surface area contributed by atoms with E-state index < -0.39 is 48.4 Å². The second-order valence-electron chi connectivity index (χ2n) is 6.07. The fourth-order valence-corrected chi connectivity index (χ4v) is 2.88. The highest BCUT2D eigenvalue weighted by molar-refractivity contribution is 8.00. The van der Waals surface area contributed by atoms with Gasteiger partial charge in [0.1, 0.15) is 25.2 Å². The first-order chi connectivity index (χ1) is 15.1. The molecule has 16 heteroatoms. The lowest BCUT2D eigenvalue weighted by Gasteiger charge is -2.18. The summed E-state index contributed by atoms with van der Waals surface area (Å²) in [4.78, 5) is 62.7. The molecule has 196 valence electrons. The van der Waals surface area contributed by atoms with Crippen LogP contribution < -0.4 is 16.4 Å². The molecule has 2 atom stereocenters.